The Morgan fingerprint density at radius 1 is 0.895 bits per heavy atom. The third kappa shape index (κ3) is 7.88. The van der Waals surface area contributed by atoms with E-state index in [1.165, 1.54) is 32.1 Å². The van der Waals surface area contributed by atoms with Crippen LogP contribution in [0.1, 0.15) is 65.2 Å². The lowest BCUT2D eigenvalue weighted by Gasteiger charge is -2.33. The van der Waals surface area contributed by atoms with Crippen molar-refractivity contribution in [1.82, 2.24) is 10.6 Å². The second-order valence-electron chi connectivity index (χ2n) is 5.71. The highest BCUT2D eigenvalue weighted by atomic mass is 15.1. The fraction of sp³-hybridized carbons (Fsp3) is 1.00. The molecule has 0 radical (unpaired) electrons. The van der Waals surface area contributed by atoms with Gasteiger partial charge < -0.3 is 22.1 Å². The molecule has 0 spiro atoms. The highest BCUT2D eigenvalue weighted by molar-refractivity contribution is 4.89. The van der Waals surface area contributed by atoms with Crippen molar-refractivity contribution < 1.29 is 0 Å². The first kappa shape index (κ1) is 18.8. The molecule has 0 saturated heterocycles. The first-order valence-electron chi connectivity index (χ1n) is 7.94. The average molecular weight is 272 g/mol. The molecule has 0 amide bonds. The predicted molar refractivity (Wildman–Crippen MR) is 85.1 cm³/mol. The van der Waals surface area contributed by atoms with Crippen LogP contribution in [-0.2, 0) is 0 Å². The molecule has 0 fully saturated rings. The van der Waals surface area contributed by atoms with Gasteiger partial charge in [0, 0.05) is 12.1 Å². The smallest absolute Gasteiger partial charge is 0.0794 e. The van der Waals surface area contributed by atoms with E-state index >= 15 is 0 Å². The maximum atomic E-state index is 6.19. The Kier molecular flexibility index (Phi) is 10.5. The summed E-state index contributed by atoms with van der Waals surface area (Å²) in [6.07, 6.45) is 9.30. The molecule has 0 heterocycles. The largest absolute Gasteiger partial charge is 0.317 e. The minimum atomic E-state index is -0.569. The molecule has 19 heavy (non-hydrogen) atoms. The summed E-state index contributed by atoms with van der Waals surface area (Å²) in [6, 6.07) is 0.887. The maximum Gasteiger partial charge on any atom is 0.0794 e. The van der Waals surface area contributed by atoms with Gasteiger partial charge in [0.25, 0.3) is 0 Å². The summed E-state index contributed by atoms with van der Waals surface area (Å²) in [6.45, 7) is 4.36. The van der Waals surface area contributed by atoms with Crippen molar-refractivity contribution in [3.05, 3.63) is 0 Å². The van der Waals surface area contributed by atoms with Crippen molar-refractivity contribution in [1.29, 1.82) is 0 Å². The molecule has 0 bridgehead atoms. The standard InChI is InChI=1S/C15H36N4/c1-5-13(18-3)11-9-7-8-10-12-15(16,17)14(6-2)19-4/h13-14,18-19H,5-12,16-17H2,1-4H3. The van der Waals surface area contributed by atoms with Crippen molar-refractivity contribution >= 4 is 0 Å². The van der Waals surface area contributed by atoms with Crippen LogP contribution < -0.4 is 22.1 Å². The van der Waals surface area contributed by atoms with Crippen LogP contribution in [0.4, 0.5) is 0 Å². The van der Waals surface area contributed by atoms with Crippen LogP contribution in [0.15, 0.2) is 0 Å². The van der Waals surface area contributed by atoms with Gasteiger partial charge in [0.1, 0.15) is 0 Å². The van der Waals surface area contributed by atoms with Gasteiger partial charge in [-0.2, -0.15) is 0 Å². The summed E-state index contributed by atoms with van der Waals surface area (Å²) >= 11 is 0. The van der Waals surface area contributed by atoms with E-state index in [1.54, 1.807) is 0 Å². The molecule has 4 heteroatoms. The summed E-state index contributed by atoms with van der Waals surface area (Å²) in [5, 5.41) is 6.56. The van der Waals surface area contributed by atoms with Gasteiger partial charge in [-0.1, -0.05) is 39.5 Å². The highest BCUT2D eigenvalue weighted by Crippen LogP contribution is 2.15. The second-order valence-corrected chi connectivity index (χ2v) is 5.71. The molecule has 6 N–H and O–H groups in total. The van der Waals surface area contributed by atoms with Gasteiger partial charge in [-0.05, 0) is 39.8 Å². The Bertz CT molecular complexity index is 198. The SMILES string of the molecule is CCC(CCCCCCC(N)(N)C(CC)NC)NC. The normalized spacial score (nSPS) is 15.5. The van der Waals surface area contributed by atoms with Crippen molar-refractivity contribution in [2.24, 2.45) is 11.5 Å². The molecule has 0 aliphatic heterocycles. The summed E-state index contributed by atoms with van der Waals surface area (Å²) in [4.78, 5) is 0. The van der Waals surface area contributed by atoms with E-state index in [0.29, 0.717) is 6.04 Å². The molecule has 0 saturated carbocycles. The molecular formula is C15H36N4. The van der Waals surface area contributed by atoms with E-state index in [1.807, 2.05) is 14.1 Å². The quantitative estimate of drug-likeness (QED) is 0.323. The summed E-state index contributed by atoms with van der Waals surface area (Å²) in [7, 11) is 3.99. The Balaban J connectivity index is 3.68. The second kappa shape index (κ2) is 10.6. The summed E-state index contributed by atoms with van der Waals surface area (Å²) < 4.78 is 0. The van der Waals surface area contributed by atoms with Crippen LogP contribution >= 0.6 is 0 Å². The minimum Gasteiger partial charge on any atom is -0.317 e. The fourth-order valence-corrected chi connectivity index (χ4v) is 2.76. The van der Waals surface area contributed by atoms with Crippen LogP contribution in [0.5, 0.6) is 0 Å². The van der Waals surface area contributed by atoms with E-state index in [9.17, 15) is 0 Å². The molecule has 0 aliphatic carbocycles. The van der Waals surface area contributed by atoms with Gasteiger partial charge in [0.2, 0.25) is 0 Å². The van der Waals surface area contributed by atoms with Crippen LogP contribution in [-0.4, -0.2) is 31.8 Å². The molecule has 2 unspecified atom stereocenters. The number of nitrogens with two attached hydrogens (primary N) is 2. The van der Waals surface area contributed by atoms with Crippen molar-refractivity contribution in [3.63, 3.8) is 0 Å². The van der Waals surface area contributed by atoms with E-state index in [-0.39, 0.29) is 6.04 Å². The Morgan fingerprint density at radius 3 is 2.00 bits per heavy atom. The molecule has 0 aromatic rings. The zero-order valence-corrected chi connectivity index (χ0v) is 13.5. The van der Waals surface area contributed by atoms with Gasteiger partial charge in [0.15, 0.2) is 0 Å². The molecule has 116 valence electrons. The maximum absolute atomic E-state index is 6.19. The topological polar surface area (TPSA) is 76.1 Å². The van der Waals surface area contributed by atoms with Gasteiger partial charge in [-0.25, -0.2) is 0 Å². The Hall–Kier alpha value is -0.160. The van der Waals surface area contributed by atoms with Gasteiger partial charge in [-0.3, -0.25) is 0 Å². The Labute approximate surface area is 120 Å². The first-order chi connectivity index (χ1) is 9.01. The first-order valence-corrected chi connectivity index (χ1v) is 7.94. The number of nitrogens with one attached hydrogen (secondary N) is 2. The minimum absolute atomic E-state index is 0.210. The molecule has 0 aliphatic rings. The lowest BCUT2D eigenvalue weighted by molar-refractivity contribution is 0.279. The van der Waals surface area contributed by atoms with Crippen LogP contribution in [0.25, 0.3) is 0 Å². The van der Waals surface area contributed by atoms with Gasteiger partial charge in [0.05, 0.1) is 5.66 Å². The van der Waals surface area contributed by atoms with Crippen LogP contribution in [0, 0.1) is 0 Å². The molecular weight excluding hydrogens is 236 g/mol. The highest BCUT2D eigenvalue weighted by Gasteiger charge is 2.27. The monoisotopic (exact) mass is 272 g/mol. The number of rotatable bonds is 12. The molecule has 0 aromatic carbocycles. The van der Waals surface area contributed by atoms with E-state index in [2.05, 4.69) is 24.5 Å². The molecule has 0 aromatic heterocycles. The van der Waals surface area contributed by atoms with Crippen molar-refractivity contribution in [2.75, 3.05) is 14.1 Å². The molecule has 2 atom stereocenters. The van der Waals surface area contributed by atoms with Crippen LogP contribution in [0.2, 0.25) is 0 Å². The number of likely N-dealkylation sites (N-methyl/N-ethyl adjacent to an activating group) is 1. The van der Waals surface area contributed by atoms with Crippen molar-refractivity contribution in [3.8, 4) is 0 Å². The third-order valence-electron chi connectivity index (χ3n) is 4.22. The fourth-order valence-electron chi connectivity index (χ4n) is 2.76. The summed E-state index contributed by atoms with van der Waals surface area (Å²) in [5.74, 6) is 0. The van der Waals surface area contributed by atoms with Crippen LogP contribution in [0.3, 0.4) is 0 Å². The number of hydrogen-bond acceptors (Lipinski definition) is 4. The molecule has 0 rings (SSSR count). The van der Waals surface area contributed by atoms with Gasteiger partial charge >= 0.3 is 0 Å². The van der Waals surface area contributed by atoms with E-state index in [4.69, 9.17) is 11.5 Å². The zero-order chi connectivity index (χ0) is 14.7. The molecule has 4 nitrogen and oxygen atoms in total. The Morgan fingerprint density at radius 2 is 1.53 bits per heavy atom. The van der Waals surface area contributed by atoms with Crippen molar-refractivity contribution in [2.45, 2.75) is 83.0 Å². The number of hydrogen-bond donors (Lipinski definition) is 4. The summed E-state index contributed by atoms with van der Waals surface area (Å²) in [5.41, 5.74) is 11.8. The lowest BCUT2D eigenvalue weighted by Crippen LogP contribution is -2.62. The zero-order valence-electron chi connectivity index (χ0n) is 13.5. The predicted octanol–water partition coefficient (Wildman–Crippen LogP) is 1.94. The lowest BCUT2D eigenvalue weighted by atomic mass is 9.93. The average Bonchev–Trinajstić information content (AvgIpc) is 2.39. The van der Waals surface area contributed by atoms with E-state index < -0.39 is 5.66 Å². The third-order valence-corrected chi connectivity index (χ3v) is 4.22. The van der Waals surface area contributed by atoms with Gasteiger partial charge in [-0.15, -0.1) is 0 Å². The number of unbranched alkanes of at least 4 members (excludes halogenated alkanes) is 3. The van der Waals surface area contributed by atoms with E-state index in [0.717, 1.165) is 19.3 Å².